The van der Waals surface area contributed by atoms with Crippen molar-refractivity contribution in [3.05, 3.63) is 95.6 Å². The summed E-state index contributed by atoms with van der Waals surface area (Å²) in [7, 11) is -3.90. The molecule has 1 unspecified atom stereocenters. The second kappa shape index (κ2) is 7.33. The van der Waals surface area contributed by atoms with Gasteiger partial charge in [-0.3, -0.25) is 0 Å². The monoisotopic (exact) mass is 370 g/mol. The van der Waals surface area contributed by atoms with Crippen LogP contribution >= 0.6 is 12.6 Å². The fourth-order valence-electron chi connectivity index (χ4n) is 2.47. The van der Waals surface area contributed by atoms with E-state index >= 15 is 0 Å². The number of para-hydroxylation sites is 1. The van der Waals surface area contributed by atoms with Crippen molar-refractivity contribution in [1.29, 1.82) is 0 Å². The van der Waals surface area contributed by atoms with Crippen molar-refractivity contribution in [1.82, 2.24) is 0 Å². The van der Waals surface area contributed by atoms with Gasteiger partial charge in [-0.05, 0) is 30.7 Å². The lowest BCUT2D eigenvalue weighted by atomic mass is 10.0. The summed E-state index contributed by atoms with van der Waals surface area (Å²) >= 11 is 4.65. The van der Waals surface area contributed by atoms with Crippen LogP contribution in [0.15, 0.2) is 83.8 Å². The highest BCUT2D eigenvalue weighted by Crippen LogP contribution is 2.35. The number of thiol groups is 1. The van der Waals surface area contributed by atoms with Gasteiger partial charge in [-0.25, -0.2) is 0 Å². The fourth-order valence-corrected chi connectivity index (χ4v) is 3.81. The second-order valence-corrected chi connectivity index (χ2v) is 7.76. The average Bonchev–Trinajstić information content (AvgIpc) is 2.62. The Morgan fingerprint density at radius 3 is 2.12 bits per heavy atom. The molecule has 3 nitrogen and oxygen atoms in total. The predicted molar refractivity (Wildman–Crippen MR) is 103 cm³/mol. The smallest absolute Gasteiger partial charge is 0.339 e. The first-order chi connectivity index (χ1) is 12.0. The summed E-state index contributed by atoms with van der Waals surface area (Å²) in [6.07, 6.45) is 0. The van der Waals surface area contributed by atoms with Crippen LogP contribution in [-0.2, 0) is 10.1 Å². The van der Waals surface area contributed by atoms with Gasteiger partial charge in [0, 0.05) is 5.56 Å². The van der Waals surface area contributed by atoms with Gasteiger partial charge in [-0.15, -0.1) is 0 Å². The van der Waals surface area contributed by atoms with Crippen LogP contribution in [0.4, 0.5) is 0 Å². The molecule has 5 heteroatoms. The van der Waals surface area contributed by atoms with E-state index in [4.69, 9.17) is 4.18 Å². The van der Waals surface area contributed by atoms with E-state index in [1.807, 2.05) is 49.4 Å². The van der Waals surface area contributed by atoms with Crippen molar-refractivity contribution in [2.75, 3.05) is 0 Å². The molecule has 0 radical (unpaired) electrons. The van der Waals surface area contributed by atoms with Crippen molar-refractivity contribution in [2.24, 2.45) is 0 Å². The summed E-state index contributed by atoms with van der Waals surface area (Å²) in [6, 6.07) is 23.3. The Hall–Kier alpha value is -2.24. The molecule has 1 atom stereocenters. The quantitative estimate of drug-likeness (QED) is 0.519. The van der Waals surface area contributed by atoms with E-state index in [1.165, 1.54) is 0 Å². The highest BCUT2D eigenvalue weighted by Gasteiger charge is 2.21. The van der Waals surface area contributed by atoms with E-state index in [1.54, 1.807) is 36.4 Å². The molecule has 128 valence electrons. The van der Waals surface area contributed by atoms with E-state index in [2.05, 4.69) is 12.6 Å². The SMILES string of the molecule is Cc1ccc(S(=O)(=O)Oc2ccccc2C(S)c2ccccc2)cc1. The molecule has 3 aromatic carbocycles. The second-order valence-electron chi connectivity index (χ2n) is 5.70. The zero-order valence-corrected chi connectivity index (χ0v) is 15.4. The van der Waals surface area contributed by atoms with Crippen LogP contribution in [0, 0.1) is 6.92 Å². The van der Waals surface area contributed by atoms with E-state index in [-0.39, 0.29) is 15.9 Å². The third kappa shape index (κ3) is 4.06. The molecule has 0 aliphatic heterocycles. The first-order valence-corrected chi connectivity index (χ1v) is 9.73. The van der Waals surface area contributed by atoms with Crippen LogP contribution in [-0.4, -0.2) is 8.42 Å². The first kappa shape index (κ1) is 17.6. The summed E-state index contributed by atoms with van der Waals surface area (Å²) < 4.78 is 30.6. The van der Waals surface area contributed by atoms with Crippen LogP contribution in [0.3, 0.4) is 0 Å². The van der Waals surface area contributed by atoms with Crippen molar-refractivity contribution in [3.8, 4) is 5.75 Å². The van der Waals surface area contributed by atoms with Gasteiger partial charge >= 0.3 is 10.1 Å². The van der Waals surface area contributed by atoms with Crippen molar-refractivity contribution in [3.63, 3.8) is 0 Å². The molecule has 0 aromatic heterocycles. The van der Waals surface area contributed by atoms with Crippen LogP contribution in [0.2, 0.25) is 0 Å². The zero-order valence-electron chi connectivity index (χ0n) is 13.7. The summed E-state index contributed by atoms with van der Waals surface area (Å²) in [6.45, 7) is 1.90. The number of hydrogen-bond donors (Lipinski definition) is 1. The maximum absolute atomic E-state index is 12.6. The lowest BCUT2D eigenvalue weighted by Crippen LogP contribution is -2.11. The standard InChI is InChI=1S/C20H18O3S2/c1-15-11-13-17(14-12-15)25(21,22)23-19-10-6-5-9-18(19)20(24)16-7-3-2-4-8-16/h2-14,20,24H,1H3. The Balaban J connectivity index is 1.95. The Bertz CT molecular complexity index is 950. The van der Waals surface area contributed by atoms with Gasteiger partial charge in [-0.1, -0.05) is 66.2 Å². The number of rotatable bonds is 5. The van der Waals surface area contributed by atoms with E-state index < -0.39 is 10.1 Å². The molecule has 0 N–H and O–H groups in total. The highest BCUT2D eigenvalue weighted by molar-refractivity contribution is 7.87. The molecular weight excluding hydrogens is 352 g/mol. The van der Waals surface area contributed by atoms with Crippen molar-refractivity contribution >= 4 is 22.7 Å². The highest BCUT2D eigenvalue weighted by atomic mass is 32.2. The summed E-state index contributed by atoms with van der Waals surface area (Å²) in [5.74, 6) is 0.284. The van der Waals surface area contributed by atoms with Gasteiger partial charge in [-0.2, -0.15) is 21.0 Å². The van der Waals surface area contributed by atoms with Gasteiger partial charge < -0.3 is 4.18 Å². The predicted octanol–water partition coefficient (Wildman–Crippen LogP) is 4.78. The molecule has 0 amide bonds. The Kier molecular flexibility index (Phi) is 5.16. The maximum atomic E-state index is 12.6. The van der Waals surface area contributed by atoms with Gasteiger partial charge in [0.15, 0.2) is 0 Å². The summed E-state index contributed by atoms with van der Waals surface area (Å²) in [5, 5.41) is -0.286. The van der Waals surface area contributed by atoms with Gasteiger partial charge in [0.2, 0.25) is 0 Å². The van der Waals surface area contributed by atoms with Crippen LogP contribution in [0.25, 0.3) is 0 Å². The van der Waals surface area contributed by atoms with Gasteiger partial charge in [0.1, 0.15) is 10.6 Å². The molecule has 0 heterocycles. The minimum atomic E-state index is -3.90. The van der Waals surface area contributed by atoms with Crippen LogP contribution < -0.4 is 4.18 Å². The van der Waals surface area contributed by atoms with Gasteiger partial charge in [0.05, 0.1) is 5.25 Å². The fraction of sp³-hybridized carbons (Fsp3) is 0.100. The molecule has 0 saturated heterocycles. The molecule has 0 spiro atoms. The molecule has 25 heavy (non-hydrogen) atoms. The number of benzene rings is 3. The molecule has 0 aliphatic rings. The average molecular weight is 370 g/mol. The van der Waals surface area contributed by atoms with Crippen LogP contribution in [0.1, 0.15) is 21.9 Å². The molecule has 0 aliphatic carbocycles. The van der Waals surface area contributed by atoms with Crippen LogP contribution in [0.5, 0.6) is 5.75 Å². The van der Waals surface area contributed by atoms with E-state index in [0.29, 0.717) is 5.56 Å². The lowest BCUT2D eigenvalue weighted by Gasteiger charge is -2.16. The Morgan fingerprint density at radius 1 is 0.840 bits per heavy atom. The molecule has 0 saturated carbocycles. The Morgan fingerprint density at radius 2 is 1.44 bits per heavy atom. The Labute approximate surface area is 153 Å². The molecule has 3 rings (SSSR count). The number of hydrogen-bond acceptors (Lipinski definition) is 4. The zero-order chi connectivity index (χ0) is 17.9. The topological polar surface area (TPSA) is 43.4 Å². The third-order valence-corrected chi connectivity index (χ3v) is 5.66. The third-order valence-electron chi connectivity index (χ3n) is 3.84. The van der Waals surface area contributed by atoms with E-state index in [9.17, 15) is 8.42 Å². The minimum absolute atomic E-state index is 0.128. The largest absolute Gasteiger partial charge is 0.379 e. The summed E-state index contributed by atoms with van der Waals surface area (Å²) in [4.78, 5) is 0.128. The first-order valence-electron chi connectivity index (χ1n) is 7.80. The van der Waals surface area contributed by atoms with Crippen molar-refractivity contribution < 1.29 is 12.6 Å². The summed E-state index contributed by atoms with van der Waals surface area (Å²) in [5.41, 5.74) is 2.65. The van der Waals surface area contributed by atoms with Crippen molar-refractivity contribution in [2.45, 2.75) is 17.1 Å². The van der Waals surface area contributed by atoms with E-state index in [0.717, 1.165) is 11.1 Å². The lowest BCUT2D eigenvalue weighted by molar-refractivity contribution is 0.483. The number of aryl methyl sites for hydroxylation is 1. The van der Waals surface area contributed by atoms with Gasteiger partial charge in [0.25, 0.3) is 0 Å². The minimum Gasteiger partial charge on any atom is -0.379 e. The molecule has 0 fully saturated rings. The maximum Gasteiger partial charge on any atom is 0.339 e. The normalized spacial score (nSPS) is 12.6. The molecule has 3 aromatic rings. The molecule has 0 bridgehead atoms. The molecular formula is C20H18O3S2.